The average Bonchev–Trinajstić information content (AvgIpc) is 2.83. The number of nitrogens with zero attached hydrogens (tertiary/aromatic N) is 1. The number of hydrogen-bond acceptors (Lipinski definition) is 5. The van der Waals surface area contributed by atoms with Crippen LogP contribution in [0.1, 0.15) is 65.8 Å². The summed E-state index contributed by atoms with van der Waals surface area (Å²) in [7, 11) is 0. The molecule has 1 aliphatic rings. The largest absolute Gasteiger partial charge is 0.494 e. The summed E-state index contributed by atoms with van der Waals surface area (Å²) in [5.74, 6) is 0.325. The van der Waals surface area contributed by atoms with Gasteiger partial charge in [0.25, 0.3) is 5.91 Å². The van der Waals surface area contributed by atoms with E-state index in [0.717, 1.165) is 49.4 Å². The van der Waals surface area contributed by atoms with Gasteiger partial charge in [0.15, 0.2) is 0 Å². The van der Waals surface area contributed by atoms with Gasteiger partial charge in [0.05, 0.1) is 24.3 Å². The minimum Gasteiger partial charge on any atom is -0.494 e. The van der Waals surface area contributed by atoms with Crippen LogP contribution in [0.2, 0.25) is 0 Å². The van der Waals surface area contributed by atoms with Crippen LogP contribution in [0.4, 0.5) is 5.69 Å². The number of rotatable bonds is 10. The van der Waals surface area contributed by atoms with Crippen LogP contribution in [0, 0.1) is 0 Å². The predicted molar refractivity (Wildman–Crippen MR) is 127 cm³/mol. The number of hydrogen-bond donors (Lipinski definition) is 1. The molecule has 0 unspecified atom stereocenters. The van der Waals surface area contributed by atoms with Crippen LogP contribution in [-0.4, -0.2) is 44.7 Å². The molecule has 0 saturated carbocycles. The Morgan fingerprint density at radius 1 is 1.00 bits per heavy atom. The summed E-state index contributed by atoms with van der Waals surface area (Å²) in [6.07, 6.45) is 5.14. The van der Waals surface area contributed by atoms with Crippen LogP contribution >= 0.6 is 0 Å². The fraction of sp³-hybridized carbons (Fsp3) is 0.462. The third-order valence-corrected chi connectivity index (χ3v) is 5.55. The van der Waals surface area contributed by atoms with Crippen LogP contribution in [0.15, 0.2) is 42.5 Å². The third kappa shape index (κ3) is 6.49. The number of piperidine rings is 1. The second kappa shape index (κ2) is 12.1. The Morgan fingerprint density at radius 3 is 2.44 bits per heavy atom. The second-order valence-corrected chi connectivity index (χ2v) is 8.00. The lowest BCUT2D eigenvalue weighted by Gasteiger charge is -2.30. The SMILES string of the molecule is CCCOc1ccc(N2CCCCC2)c(C(=O)NCCc2ccc(C(=O)OCC)cc2)c1. The molecule has 0 radical (unpaired) electrons. The lowest BCUT2D eigenvalue weighted by Crippen LogP contribution is -2.33. The van der Waals surface area contributed by atoms with Crippen molar-refractivity contribution in [2.24, 2.45) is 0 Å². The molecule has 6 nitrogen and oxygen atoms in total. The number of nitrogens with one attached hydrogen (secondary N) is 1. The van der Waals surface area contributed by atoms with E-state index in [-0.39, 0.29) is 11.9 Å². The summed E-state index contributed by atoms with van der Waals surface area (Å²) in [5.41, 5.74) is 3.23. The first-order chi connectivity index (χ1) is 15.6. The molecule has 1 aliphatic heterocycles. The molecule has 2 aromatic rings. The molecule has 1 heterocycles. The van der Waals surface area contributed by atoms with Crippen molar-refractivity contribution < 1.29 is 19.1 Å². The summed E-state index contributed by atoms with van der Waals surface area (Å²) in [6.45, 7) is 7.30. The first-order valence-electron chi connectivity index (χ1n) is 11.7. The highest BCUT2D eigenvalue weighted by Gasteiger charge is 2.19. The molecule has 1 N–H and O–H groups in total. The van der Waals surface area contributed by atoms with E-state index in [9.17, 15) is 9.59 Å². The maximum Gasteiger partial charge on any atom is 0.338 e. The van der Waals surface area contributed by atoms with Crippen molar-refractivity contribution in [3.63, 3.8) is 0 Å². The number of amides is 1. The monoisotopic (exact) mass is 438 g/mol. The molecule has 0 aromatic heterocycles. The zero-order chi connectivity index (χ0) is 22.8. The zero-order valence-electron chi connectivity index (χ0n) is 19.2. The van der Waals surface area contributed by atoms with E-state index in [0.29, 0.717) is 37.3 Å². The zero-order valence-corrected chi connectivity index (χ0v) is 19.2. The Labute approximate surface area is 190 Å². The molecular weight excluding hydrogens is 404 g/mol. The van der Waals surface area contributed by atoms with Crippen LogP contribution in [0.3, 0.4) is 0 Å². The van der Waals surface area contributed by atoms with Gasteiger partial charge in [-0.2, -0.15) is 0 Å². The molecule has 1 saturated heterocycles. The van der Waals surface area contributed by atoms with Crippen LogP contribution in [0.25, 0.3) is 0 Å². The fourth-order valence-corrected chi connectivity index (χ4v) is 3.85. The molecule has 32 heavy (non-hydrogen) atoms. The minimum atomic E-state index is -0.317. The van der Waals surface area contributed by atoms with Crippen molar-refractivity contribution in [1.29, 1.82) is 0 Å². The van der Waals surface area contributed by atoms with Crippen LogP contribution in [0.5, 0.6) is 5.75 Å². The molecule has 6 heteroatoms. The molecule has 172 valence electrons. The summed E-state index contributed by atoms with van der Waals surface area (Å²) in [4.78, 5) is 27.2. The Hall–Kier alpha value is -3.02. The van der Waals surface area contributed by atoms with Gasteiger partial charge in [0.1, 0.15) is 5.75 Å². The Balaban J connectivity index is 1.64. The van der Waals surface area contributed by atoms with E-state index in [1.165, 1.54) is 6.42 Å². The van der Waals surface area contributed by atoms with E-state index in [1.54, 1.807) is 19.1 Å². The highest BCUT2D eigenvalue weighted by molar-refractivity contribution is 6.00. The summed E-state index contributed by atoms with van der Waals surface area (Å²) in [5, 5.41) is 3.06. The molecule has 0 bridgehead atoms. The maximum absolute atomic E-state index is 13.1. The lowest BCUT2D eigenvalue weighted by molar-refractivity contribution is 0.0526. The smallest absolute Gasteiger partial charge is 0.338 e. The molecule has 0 atom stereocenters. The van der Waals surface area contributed by atoms with Crippen molar-refractivity contribution in [3.8, 4) is 5.75 Å². The predicted octanol–water partition coefficient (Wildman–Crippen LogP) is 4.61. The molecule has 3 rings (SSSR count). The van der Waals surface area contributed by atoms with E-state index in [2.05, 4.69) is 17.1 Å². The Bertz CT molecular complexity index is 889. The third-order valence-electron chi connectivity index (χ3n) is 5.55. The van der Waals surface area contributed by atoms with Gasteiger partial charge in [-0.25, -0.2) is 4.79 Å². The van der Waals surface area contributed by atoms with Crippen LogP contribution in [-0.2, 0) is 11.2 Å². The number of anilines is 1. The quantitative estimate of drug-likeness (QED) is 0.549. The van der Waals surface area contributed by atoms with Gasteiger partial charge >= 0.3 is 5.97 Å². The molecule has 1 amide bonds. The van der Waals surface area contributed by atoms with Crippen LogP contribution < -0.4 is 15.0 Å². The number of carbonyl (C=O) groups excluding carboxylic acids is 2. The molecule has 2 aromatic carbocycles. The maximum atomic E-state index is 13.1. The topological polar surface area (TPSA) is 67.9 Å². The molecular formula is C26H34N2O4. The minimum absolute atomic E-state index is 0.0873. The summed E-state index contributed by atoms with van der Waals surface area (Å²) < 4.78 is 10.8. The Morgan fingerprint density at radius 2 is 1.75 bits per heavy atom. The van der Waals surface area contributed by atoms with Gasteiger partial charge in [0.2, 0.25) is 0 Å². The standard InChI is InChI=1S/C26H34N2O4/c1-3-18-32-22-12-13-24(28-16-6-5-7-17-28)23(19-22)25(29)27-15-14-20-8-10-21(11-9-20)26(30)31-4-2/h8-13,19H,3-7,14-18H2,1-2H3,(H,27,29). The lowest BCUT2D eigenvalue weighted by atomic mass is 10.1. The second-order valence-electron chi connectivity index (χ2n) is 8.00. The van der Waals surface area contributed by atoms with Crippen molar-refractivity contribution in [3.05, 3.63) is 59.2 Å². The molecule has 0 aliphatic carbocycles. The van der Waals surface area contributed by atoms with Gasteiger partial charge in [-0.1, -0.05) is 19.1 Å². The number of ether oxygens (including phenoxy) is 2. The average molecular weight is 439 g/mol. The van der Waals surface area contributed by atoms with Gasteiger partial charge < -0.3 is 19.7 Å². The van der Waals surface area contributed by atoms with E-state index < -0.39 is 0 Å². The molecule has 0 spiro atoms. The summed E-state index contributed by atoms with van der Waals surface area (Å²) >= 11 is 0. The van der Waals surface area contributed by atoms with Crippen molar-refractivity contribution in [2.75, 3.05) is 37.7 Å². The van der Waals surface area contributed by atoms with E-state index >= 15 is 0 Å². The van der Waals surface area contributed by atoms with Gasteiger partial charge in [-0.15, -0.1) is 0 Å². The summed E-state index contributed by atoms with van der Waals surface area (Å²) in [6, 6.07) is 13.2. The van der Waals surface area contributed by atoms with Gasteiger partial charge in [0, 0.05) is 25.3 Å². The molecule has 1 fully saturated rings. The number of benzene rings is 2. The van der Waals surface area contributed by atoms with Gasteiger partial charge in [-0.05, 0) is 74.9 Å². The Kier molecular flexibility index (Phi) is 8.96. The van der Waals surface area contributed by atoms with Crippen molar-refractivity contribution in [1.82, 2.24) is 5.32 Å². The van der Waals surface area contributed by atoms with Gasteiger partial charge in [-0.3, -0.25) is 4.79 Å². The number of carbonyl (C=O) groups is 2. The van der Waals surface area contributed by atoms with E-state index in [1.807, 2.05) is 30.3 Å². The highest BCUT2D eigenvalue weighted by atomic mass is 16.5. The van der Waals surface area contributed by atoms with E-state index in [4.69, 9.17) is 9.47 Å². The van der Waals surface area contributed by atoms with Crippen molar-refractivity contribution in [2.45, 2.75) is 46.0 Å². The first-order valence-corrected chi connectivity index (χ1v) is 11.7. The fourth-order valence-electron chi connectivity index (χ4n) is 3.85. The first kappa shape index (κ1) is 23.6. The normalized spacial score (nSPS) is 13.5. The van der Waals surface area contributed by atoms with Crippen molar-refractivity contribution >= 4 is 17.6 Å². The highest BCUT2D eigenvalue weighted by Crippen LogP contribution is 2.28. The number of esters is 1.